The molecule has 7 nitrogen and oxygen atoms in total. The number of carbonyl (C=O) groups excluding carboxylic acids is 2. The Kier molecular flexibility index (Phi) is 8.63. The summed E-state index contributed by atoms with van der Waals surface area (Å²) in [5.41, 5.74) is 0. The van der Waals surface area contributed by atoms with Gasteiger partial charge in [-0.05, 0) is 19.8 Å². The predicted octanol–water partition coefficient (Wildman–Crippen LogP) is 2.59. The first-order valence-corrected chi connectivity index (χ1v) is 10.8. The maximum absolute atomic E-state index is 12.2. The second-order valence-corrected chi connectivity index (χ2v) is 7.93. The van der Waals surface area contributed by atoms with E-state index in [1.54, 1.807) is 6.07 Å². The fourth-order valence-electron chi connectivity index (χ4n) is 2.95. The first kappa shape index (κ1) is 21.8. The predicted molar refractivity (Wildman–Crippen MR) is 109 cm³/mol. The normalized spacial score (nSPS) is 17.1. The number of halogens is 1. The highest BCUT2D eigenvalue weighted by atomic mass is 35.5. The molecule has 1 saturated heterocycles. The van der Waals surface area contributed by atoms with Gasteiger partial charge in [0.15, 0.2) is 5.16 Å². The molecule has 1 aliphatic rings. The summed E-state index contributed by atoms with van der Waals surface area (Å²) in [7, 11) is 0. The Hall–Kier alpha value is -1.54. The summed E-state index contributed by atoms with van der Waals surface area (Å²) in [4.78, 5) is 36.8. The zero-order chi connectivity index (χ0) is 19.8. The highest BCUT2D eigenvalue weighted by Gasteiger charge is 2.28. The summed E-state index contributed by atoms with van der Waals surface area (Å²) in [5.74, 6) is 1.17. The fraction of sp³-hybridized carbons (Fsp3) is 0.667. The largest absolute Gasteiger partial charge is 0.355 e. The Morgan fingerprint density at radius 3 is 2.74 bits per heavy atom. The highest BCUT2D eigenvalue weighted by Crippen LogP contribution is 2.24. The van der Waals surface area contributed by atoms with Crippen molar-refractivity contribution in [2.45, 2.75) is 51.2 Å². The van der Waals surface area contributed by atoms with E-state index in [-0.39, 0.29) is 23.6 Å². The van der Waals surface area contributed by atoms with Gasteiger partial charge in [-0.2, -0.15) is 0 Å². The molecule has 150 valence electrons. The van der Waals surface area contributed by atoms with Crippen LogP contribution in [0.5, 0.6) is 0 Å². The summed E-state index contributed by atoms with van der Waals surface area (Å²) in [5, 5.41) is 3.67. The fourth-order valence-corrected chi connectivity index (χ4v) is 3.86. The van der Waals surface area contributed by atoms with Gasteiger partial charge >= 0.3 is 0 Å². The molecule has 0 aromatic carbocycles. The number of amides is 2. The molecular formula is C18H28ClN5O2S. The Morgan fingerprint density at radius 2 is 2.07 bits per heavy atom. The molecule has 2 rings (SSSR count). The van der Waals surface area contributed by atoms with Gasteiger partial charge in [0.1, 0.15) is 11.0 Å². The van der Waals surface area contributed by atoms with Crippen LogP contribution < -0.4 is 10.2 Å². The van der Waals surface area contributed by atoms with E-state index in [4.69, 9.17) is 11.6 Å². The minimum absolute atomic E-state index is 0.0383. The molecular weight excluding hydrogens is 386 g/mol. The van der Waals surface area contributed by atoms with E-state index in [0.29, 0.717) is 42.9 Å². The monoisotopic (exact) mass is 413 g/mol. The van der Waals surface area contributed by atoms with Crippen molar-refractivity contribution < 1.29 is 9.59 Å². The van der Waals surface area contributed by atoms with Crippen LogP contribution in [0.15, 0.2) is 11.2 Å². The van der Waals surface area contributed by atoms with Crippen LogP contribution in [0.25, 0.3) is 0 Å². The summed E-state index contributed by atoms with van der Waals surface area (Å²) in [6.07, 6.45) is 2.35. The topological polar surface area (TPSA) is 78.4 Å². The lowest BCUT2D eigenvalue weighted by Crippen LogP contribution is -2.54. The summed E-state index contributed by atoms with van der Waals surface area (Å²) in [6, 6.07) is 1.85. The molecule has 1 N–H and O–H groups in total. The minimum atomic E-state index is -0.0383. The van der Waals surface area contributed by atoms with Gasteiger partial charge in [0.25, 0.3) is 0 Å². The van der Waals surface area contributed by atoms with Crippen molar-refractivity contribution in [1.82, 2.24) is 20.2 Å². The number of nitrogens with zero attached hydrogens (tertiary/aromatic N) is 4. The Morgan fingerprint density at radius 1 is 1.30 bits per heavy atom. The molecule has 1 fully saturated rings. The van der Waals surface area contributed by atoms with Crippen LogP contribution in [0, 0.1) is 0 Å². The lowest BCUT2D eigenvalue weighted by Gasteiger charge is -2.40. The van der Waals surface area contributed by atoms with Gasteiger partial charge in [-0.1, -0.05) is 37.2 Å². The molecule has 1 aliphatic heterocycles. The molecule has 0 saturated carbocycles. The number of piperazine rings is 1. The molecule has 9 heteroatoms. The van der Waals surface area contributed by atoms with Gasteiger partial charge in [0.05, 0.1) is 5.75 Å². The van der Waals surface area contributed by atoms with Gasteiger partial charge in [-0.3, -0.25) is 9.59 Å². The molecule has 2 heterocycles. The molecule has 1 aromatic heterocycles. The maximum Gasteiger partial charge on any atom is 0.230 e. The Labute approximate surface area is 170 Å². The number of thioether (sulfide) groups is 1. The average Bonchev–Trinajstić information content (AvgIpc) is 2.64. The lowest BCUT2D eigenvalue weighted by molar-refractivity contribution is -0.133. The summed E-state index contributed by atoms with van der Waals surface area (Å²) < 4.78 is 0. The molecule has 0 aliphatic carbocycles. The SMILES string of the molecule is CCCNC(=O)CSc1nc(Cl)cc(N2CCN(C(=O)CCC)[C@@H](C)C2)n1. The summed E-state index contributed by atoms with van der Waals surface area (Å²) >= 11 is 7.44. The lowest BCUT2D eigenvalue weighted by atomic mass is 10.1. The number of rotatable bonds is 8. The Balaban J connectivity index is 1.99. The van der Waals surface area contributed by atoms with Crippen molar-refractivity contribution in [1.29, 1.82) is 0 Å². The van der Waals surface area contributed by atoms with E-state index in [9.17, 15) is 9.59 Å². The standard InChI is InChI=1S/C18H28ClN5O2S/c1-4-6-17(26)24-9-8-23(11-13(24)3)15-10-14(19)21-18(22-15)27-12-16(25)20-7-5-2/h10,13H,4-9,11-12H2,1-3H3,(H,20,25)/t13-/m0/s1. The zero-order valence-corrected chi connectivity index (χ0v) is 17.8. The van der Waals surface area contributed by atoms with Crippen LogP contribution >= 0.6 is 23.4 Å². The van der Waals surface area contributed by atoms with E-state index in [1.807, 2.05) is 18.7 Å². The molecule has 0 bridgehead atoms. The van der Waals surface area contributed by atoms with Crippen LogP contribution in [0.4, 0.5) is 5.82 Å². The van der Waals surface area contributed by atoms with Crippen molar-refractivity contribution in [2.75, 3.05) is 36.8 Å². The van der Waals surface area contributed by atoms with E-state index >= 15 is 0 Å². The first-order valence-electron chi connectivity index (χ1n) is 9.43. The van der Waals surface area contributed by atoms with Gasteiger partial charge in [0, 0.05) is 44.7 Å². The van der Waals surface area contributed by atoms with Crippen LogP contribution in [-0.4, -0.2) is 64.7 Å². The molecule has 0 radical (unpaired) electrons. The third-order valence-corrected chi connectivity index (χ3v) is 5.34. The minimum Gasteiger partial charge on any atom is -0.355 e. The van der Waals surface area contributed by atoms with Gasteiger partial charge in [-0.15, -0.1) is 0 Å². The Bertz CT molecular complexity index is 661. The quantitative estimate of drug-likeness (QED) is 0.401. The zero-order valence-electron chi connectivity index (χ0n) is 16.2. The van der Waals surface area contributed by atoms with E-state index in [1.165, 1.54) is 11.8 Å². The molecule has 1 aromatic rings. The van der Waals surface area contributed by atoms with Crippen molar-refractivity contribution in [3.8, 4) is 0 Å². The van der Waals surface area contributed by atoms with E-state index in [0.717, 1.165) is 18.7 Å². The van der Waals surface area contributed by atoms with Gasteiger partial charge in [0.2, 0.25) is 11.8 Å². The highest BCUT2D eigenvalue weighted by molar-refractivity contribution is 7.99. The number of anilines is 1. The molecule has 2 amide bonds. The third kappa shape index (κ3) is 6.53. The van der Waals surface area contributed by atoms with Crippen molar-refractivity contribution >= 4 is 41.0 Å². The van der Waals surface area contributed by atoms with E-state index < -0.39 is 0 Å². The van der Waals surface area contributed by atoms with Gasteiger partial charge < -0.3 is 15.1 Å². The third-order valence-electron chi connectivity index (χ3n) is 4.30. The van der Waals surface area contributed by atoms with Crippen LogP contribution in [0.1, 0.15) is 40.0 Å². The van der Waals surface area contributed by atoms with Crippen LogP contribution in [0.3, 0.4) is 0 Å². The van der Waals surface area contributed by atoms with E-state index in [2.05, 4.69) is 27.1 Å². The second kappa shape index (κ2) is 10.7. The summed E-state index contributed by atoms with van der Waals surface area (Å²) in [6.45, 7) is 8.82. The molecule has 0 unspecified atom stereocenters. The average molecular weight is 414 g/mol. The number of hydrogen-bond donors (Lipinski definition) is 1. The van der Waals surface area contributed by atoms with Crippen LogP contribution in [0.2, 0.25) is 5.15 Å². The molecule has 27 heavy (non-hydrogen) atoms. The number of carbonyl (C=O) groups is 2. The smallest absolute Gasteiger partial charge is 0.230 e. The van der Waals surface area contributed by atoms with Crippen LogP contribution in [-0.2, 0) is 9.59 Å². The number of nitrogens with one attached hydrogen (secondary N) is 1. The first-order chi connectivity index (χ1) is 12.9. The maximum atomic E-state index is 12.2. The second-order valence-electron chi connectivity index (χ2n) is 6.60. The number of hydrogen-bond acceptors (Lipinski definition) is 6. The van der Waals surface area contributed by atoms with Crippen molar-refractivity contribution in [3.63, 3.8) is 0 Å². The molecule has 0 spiro atoms. The van der Waals surface area contributed by atoms with Crippen molar-refractivity contribution in [2.24, 2.45) is 0 Å². The van der Waals surface area contributed by atoms with Gasteiger partial charge in [-0.25, -0.2) is 9.97 Å². The van der Waals surface area contributed by atoms with Crippen molar-refractivity contribution in [3.05, 3.63) is 11.2 Å². The number of aromatic nitrogens is 2. The molecule has 1 atom stereocenters.